The second-order valence-corrected chi connectivity index (χ2v) is 5.49. The maximum absolute atomic E-state index is 13.8. The predicted octanol–water partition coefficient (Wildman–Crippen LogP) is 1.52. The Hall–Kier alpha value is -1.53. The molecule has 2 rings (SSSR count). The van der Waals surface area contributed by atoms with Gasteiger partial charge in [0.25, 0.3) is 0 Å². The molecule has 1 aromatic rings. The van der Waals surface area contributed by atoms with Gasteiger partial charge in [-0.2, -0.15) is 0 Å². The number of carbonyl (C=O) groups is 1. The molecular weight excluding hydrogens is 276 g/mol. The number of nitrogens with two attached hydrogens (primary N) is 1. The standard InChI is InChI=1S/C15H21F2N3O/c1-10(18)15(21)20-7-5-19(6-8-20)11(2)13-4-3-12(16)9-14(13)17/h3-4,9-11H,5-8,18H2,1-2H3/t10-,11+/m0/s1. The molecule has 2 N–H and O–H groups in total. The second kappa shape index (κ2) is 6.49. The molecule has 0 aromatic heterocycles. The third kappa shape index (κ3) is 3.57. The lowest BCUT2D eigenvalue weighted by atomic mass is 10.1. The normalized spacial score (nSPS) is 19.4. The highest BCUT2D eigenvalue weighted by atomic mass is 19.1. The van der Waals surface area contributed by atoms with E-state index in [9.17, 15) is 13.6 Å². The van der Waals surface area contributed by atoms with Crippen LogP contribution in [0, 0.1) is 11.6 Å². The average Bonchev–Trinajstić information content (AvgIpc) is 2.46. The average molecular weight is 297 g/mol. The summed E-state index contributed by atoms with van der Waals surface area (Å²) in [4.78, 5) is 15.6. The van der Waals surface area contributed by atoms with Crippen LogP contribution in [0.4, 0.5) is 8.78 Å². The van der Waals surface area contributed by atoms with Crippen molar-refractivity contribution in [2.45, 2.75) is 25.9 Å². The first kappa shape index (κ1) is 15.9. The molecule has 0 spiro atoms. The minimum atomic E-state index is -0.573. The third-order valence-corrected chi connectivity index (χ3v) is 3.98. The van der Waals surface area contributed by atoms with E-state index in [1.165, 1.54) is 12.1 Å². The summed E-state index contributed by atoms with van der Waals surface area (Å²) in [5.74, 6) is -1.16. The molecule has 1 amide bonds. The van der Waals surface area contributed by atoms with Crippen LogP contribution in [0.5, 0.6) is 0 Å². The van der Waals surface area contributed by atoms with Crippen LogP contribution < -0.4 is 5.73 Å². The van der Waals surface area contributed by atoms with Gasteiger partial charge in [-0.15, -0.1) is 0 Å². The molecule has 0 radical (unpaired) electrons. The highest BCUT2D eigenvalue weighted by molar-refractivity contribution is 5.81. The molecule has 1 heterocycles. The predicted molar refractivity (Wildman–Crippen MR) is 76.6 cm³/mol. The van der Waals surface area contributed by atoms with E-state index in [1.807, 2.05) is 6.92 Å². The zero-order valence-corrected chi connectivity index (χ0v) is 12.4. The molecule has 6 heteroatoms. The summed E-state index contributed by atoms with van der Waals surface area (Å²) in [5, 5.41) is 0. The number of hydrogen-bond donors (Lipinski definition) is 1. The lowest BCUT2D eigenvalue weighted by molar-refractivity contribution is -0.134. The van der Waals surface area contributed by atoms with E-state index in [0.717, 1.165) is 6.07 Å². The van der Waals surface area contributed by atoms with Crippen LogP contribution >= 0.6 is 0 Å². The topological polar surface area (TPSA) is 49.6 Å². The van der Waals surface area contributed by atoms with Gasteiger partial charge in [0.05, 0.1) is 6.04 Å². The minimum Gasteiger partial charge on any atom is -0.339 e. The summed E-state index contributed by atoms with van der Waals surface area (Å²) in [5.41, 5.74) is 6.07. The molecule has 2 atom stereocenters. The molecule has 116 valence electrons. The van der Waals surface area contributed by atoms with Gasteiger partial charge in [-0.25, -0.2) is 8.78 Å². The van der Waals surface area contributed by atoms with Gasteiger partial charge in [-0.05, 0) is 19.9 Å². The Labute approximate surface area is 123 Å². The molecule has 1 saturated heterocycles. The zero-order valence-electron chi connectivity index (χ0n) is 12.4. The van der Waals surface area contributed by atoms with Gasteiger partial charge in [0.15, 0.2) is 0 Å². The number of rotatable bonds is 3. The van der Waals surface area contributed by atoms with Crippen molar-refractivity contribution in [1.82, 2.24) is 9.80 Å². The Morgan fingerprint density at radius 2 is 1.81 bits per heavy atom. The number of hydrogen-bond acceptors (Lipinski definition) is 3. The van der Waals surface area contributed by atoms with E-state index in [4.69, 9.17) is 5.73 Å². The first-order valence-electron chi connectivity index (χ1n) is 7.13. The fraction of sp³-hybridized carbons (Fsp3) is 0.533. The zero-order chi connectivity index (χ0) is 15.6. The summed E-state index contributed by atoms with van der Waals surface area (Å²) < 4.78 is 26.8. The molecule has 0 bridgehead atoms. The maximum atomic E-state index is 13.8. The van der Waals surface area contributed by atoms with Gasteiger partial charge in [-0.1, -0.05) is 6.07 Å². The van der Waals surface area contributed by atoms with Gasteiger partial charge in [0, 0.05) is 43.9 Å². The molecule has 1 aromatic carbocycles. The molecule has 1 fully saturated rings. The van der Waals surface area contributed by atoms with E-state index in [0.29, 0.717) is 31.7 Å². The fourth-order valence-corrected chi connectivity index (χ4v) is 2.65. The van der Waals surface area contributed by atoms with E-state index >= 15 is 0 Å². The molecule has 1 aliphatic heterocycles. The third-order valence-electron chi connectivity index (χ3n) is 3.98. The van der Waals surface area contributed by atoms with Crippen LogP contribution in [0.2, 0.25) is 0 Å². The van der Waals surface area contributed by atoms with E-state index in [2.05, 4.69) is 4.90 Å². The molecule has 0 saturated carbocycles. The molecule has 21 heavy (non-hydrogen) atoms. The summed E-state index contributed by atoms with van der Waals surface area (Å²) in [7, 11) is 0. The SMILES string of the molecule is C[C@H](N)C(=O)N1CCN([C@H](C)c2ccc(F)cc2F)CC1. The first-order chi connectivity index (χ1) is 9.90. The number of benzene rings is 1. The van der Waals surface area contributed by atoms with Crippen molar-refractivity contribution in [1.29, 1.82) is 0 Å². The molecule has 0 aliphatic carbocycles. The quantitative estimate of drug-likeness (QED) is 0.920. The number of amides is 1. The van der Waals surface area contributed by atoms with Crippen LogP contribution in [0.1, 0.15) is 25.5 Å². The van der Waals surface area contributed by atoms with Gasteiger partial charge in [0.2, 0.25) is 5.91 Å². The Balaban J connectivity index is 2.00. The van der Waals surface area contributed by atoms with Crippen molar-refractivity contribution in [2.75, 3.05) is 26.2 Å². The molecule has 0 unspecified atom stereocenters. The van der Waals surface area contributed by atoms with Crippen molar-refractivity contribution in [2.24, 2.45) is 5.73 Å². The van der Waals surface area contributed by atoms with E-state index in [-0.39, 0.29) is 11.9 Å². The highest BCUT2D eigenvalue weighted by Crippen LogP contribution is 2.24. The Morgan fingerprint density at radius 1 is 1.19 bits per heavy atom. The number of piperazine rings is 1. The number of halogens is 2. The highest BCUT2D eigenvalue weighted by Gasteiger charge is 2.27. The first-order valence-corrected chi connectivity index (χ1v) is 7.13. The van der Waals surface area contributed by atoms with Crippen molar-refractivity contribution in [3.05, 3.63) is 35.4 Å². The Kier molecular flexibility index (Phi) is 4.90. The number of carbonyl (C=O) groups excluding carboxylic acids is 1. The summed E-state index contributed by atoms with van der Waals surface area (Å²) in [6.45, 7) is 6.01. The Bertz CT molecular complexity index is 514. The number of nitrogens with zero attached hydrogens (tertiary/aromatic N) is 2. The van der Waals surface area contributed by atoms with E-state index < -0.39 is 17.7 Å². The monoisotopic (exact) mass is 297 g/mol. The van der Waals surface area contributed by atoms with Crippen LogP contribution in [0.25, 0.3) is 0 Å². The van der Waals surface area contributed by atoms with Crippen molar-refractivity contribution >= 4 is 5.91 Å². The van der Waals surface area contributed by atoms with Crippen LogP contribution in [-0.2, 0) is 4.79 Å². The smallest absolute Gasteiger partial charge is 0.239 e. The fourth-order valence-electron chi connectivity index (χ4n) is 2.65. The van der Waals surface area contributed by atoms with Crippen LogP contribution in [0.3, 0.4) is 0 Å². The van der Waals surface area contributed by atoms with Gasteiger partial charge < -0.3 is 10.6 Å². The lowest BCUT2D eigenvalue weighted by Gasteiger charge is -2.38. The summed E-state index contributed by atoms with van der Waals surface area (Å²) in [6, 6.07) is 3.00. The minimum absolute atomic E-state index is 0.0599. The second-order valence-electron chi connectivity index (χ2n) is 5.49. The maximum Gasteiger partial charge on any atom is 0.239 e. The molecule has 1 aliphatic rings. The lowest BCUT2D eigenvalue weighted by Crippen LogP contribution is -2.52. The molecular formula is C15H21F2N3O. The van der Waals surface area contributed by atoms with Crippen molar-refractivity contribution in [3.63, 3.8) is 0 Å². The van der Waals surface area contributed by atoms with Crippen molar-refractivity contribution < 1.29 is 13.6 Å². The summed E-state index contributed by atoms with van der Waals surface area (Å²) >= 11 is 0. The summed E-state index contributed by atoms with van der Waals surface area (Å²) in [6.07, 6.45) is 0. The van der Waals surface area contributed by atoms with Crippen LogP contribution in [0.15, 0.2) is 18.2 Å². The van der Waals surface area contributed by atoms with Crippen LogP contribution in [-0.4, -0.2) is 47.9 Å². The van der Waals surface area contributed by atoms with Crippen molar-refractivity contribution in [3.8, 4) is 0 Å². The van der Waals surface area contributed by atoms with Gasteiger partial charge in [0.1, 0.15) is 11.6 Å². The van der Waals surface area contributed by atoms with Gasteiger partial charge in [-0.3, -0.25) is 9.69 Å². The Morgan fingerprint density at radius 3 is 2.33 bits per heavy atom. The largest absolute Gasteiger partial charge is 0.339 e. The molecule has 4 nitrogen and oxygen atoms in total. The van der Waals surface area contributed by atoms with E-state index in [1.54, 1.807) is 11.8 Å². The van der Waals surface area contributed by atoms with Gasteiger partial charge >= 0.3 is 0 Å².